The Bertz CT molecular complexity index is 648. The summed E-state index contributed by atoms with van der Waals surface area (Å²) in [5.41, 5.74) is 0.459. The zero-order chi connectivity index (χ0) is 14.0. The topological polar surface area (TPSA) is 54.9 Å². The second-order valence-electron chi connectivity index (χ2n) is 3.43. The first-order valence-electron chi connectivity index (χ1n) is 4.93. The predicted molar refractivity (Wildman–Crippen MR) is 76.5 cm³/mol. The Morgan fingerprint density at radius 2 is 1.84 bits per heavy atom. The van der Waals surface area contributed by atoms with E-state index in [-0.39, 0.29) is 20.9 Å². The largest absolute Gasteiger partial charge is 0.320 e. The highest BCUT2D eigenvalue weighted by atomic mass is 35.5. The van der Waals surface area contributed by atoms with Crippen molar-refractivity contribution < 1.29 is 4.79 Å². The third kappa shape index (κ3) is 3.28. The molecule has 0 aliphatic rings. The Morgan fingerprint density at radius 3 is 2.58 bits per heavy atom. The van der Waals surface area contributed by atoms with Crippen molar-refractivity contribution in [3.63, 3.8) is 0 Å². The maximum Gasteiger partial charge on any atom is 0.259 e. The molecule has 98 valence electrons. The highest BCUT2D eigenvalue weighted by Gasteiger charge is 2.15. The lowest BCUT2D eigenvalue weighted by Crippen LogP contribution is -2.13. The van der Waals surface area contributed by atoms with Crippen LogP contribution in [0.15, 0.2) is 24.3 Å². The minimum atomic E-state index is -0.508. The third-order valence-electron chi connectivity index (χ3n) is 2.16. The van der Waals surface area contributed by atoms with E-state index in [1.807, 2.05) is 0 Å². The van der Waals surface area contributed by atoms with E-state index in [9.17, 15) is 4.79 Å². The minimum absolute atomic E-state index is 0.0555. The standard InChI is InChI=1S/C11H5Cl4N3O/c12-6-2-1-3-7(9(6)14)16-11(19)5-4-8(13)17-18-10(5)15/h1-4H,(H,16,19). The Kier molecular flexibility index (Phi) is 4.47. The number of amides is 1. The lowest BCUT2D eigenvalue weighted by atomic mass is 10.2. The van der Waals surface area contributed by atoms with Gasteiger partial charge in [0.05, 0.1) is 21.3 Å². The molecule has 4 nitrogen and oxygen atoms in total. The van der Waals surface area contributed by atoms with E-state index in [0.717, 1.165) is 0 Å². The van der Waals surface area contributed by atoms with Gasteiger partial charge in [-0.2, -0.15) is 0 Å². The van der Waals surface area contributed by atoms with E-state index < -0.39 is 5.91 Å². The maximum atomic E-state index is 12.0. The average molecular weight is 337 g/mol. The van der Waals surface area contributed by atoms with E-state index in [4.69, 9.17) is 46.4 Å². The van der Waals surface area contributed by atoms with Crippen LogP contribution in [0.5, 0.6) is 0 Å². The number of nitrogens with zero attached hydrogens (tertiary/aromatic N) is 2. The molecule has 0 spiro atoms. The molecule has 19 heavy (non-hydrogen) atoms. The molecule has 0 saturated heterocycles. The zero-order valence-corrected chi connectivity index (χ0v) is 12.1. The average Bonchev–Trinajstić information content (AvgIpc) is 2.38. The molecule has 1 aromatic carbocycles. The van der Waals surface area contributed by atoms with Gasteiger partial charge in [0, 0.05) is 0 Å². The molecule has 0 bridgehead atoms. The number of benzene rings is 1. The minimum Gasteiger partial charge on any atom is -0.320 e. The number of aromatic nitrogens is 2. The van der Waals surface area contributed by atoms with Gasteiger partial charge < -0.3 is 5.32 Å². The summed E-state index contributed by atoms with van der Waals surface area (Å²) >= 11 is 23.2. The van der Waals surface area contributed by atoms with Crippen molar-refractivity contribution in [1.82, 2.24) is 10.2 Å². The zero-order valence-electron chi connectivity index (χ0n) is 9.12. The summed E-state index contributed by atoms with van der Waals surface area (Å²) in [6, 6.07) is 6.18. The number of nitrogens with one attached hydrogen (secondary N) is 1. The van der Waals surface area contributed by atoms with Crippen molar-refractivity contribution in [3.8, 4) is 0 Å². The lowest BCUT2D eigenvalue weighted by Gasteiger charge is -2.08. The van der Waals surface area contributed by atoms with Gasteiger partial charge in [0.1, 0.15) is 0 Å². The van der Waals surface area contributed by atoms with Crippen LogP contribution in [0, 0.1) is 0 Å². The molecule has 2 rings (SSSR count). The van der Waals surface area contributed by atoms with Crippen LogP contribution in [0.25, 0.3) is 0 Å². The van der Waals surface area contributed by atoms with Crippen molar-refractivity contribution in [2.24, 2.45) is 0 Å². The maximum absolute atomic E-state index is 12.0. The first-order chi connectivity index (χ1) is 8.99. The van der Waals surface area contributed by atoms with Gasteiger partial charge in [0.2, 0.25) is 0 Å². The summed E-state index contributed by atoms with van der Waals surface area (Å²) < 4.78 is 0. The molecule has 0 atom stereocenters. The number of carbonyl (C=O) groups is 1. The summed E-state index contributed by atoms with van der Waals surface area (Å²) in [5, 5.41) is 10.2. The Morgan fingerprint density at radius 1 is 1.11 bits per heavy atom. The van der Waals surface area contributed by atoms with Gasteiger partial charge in [-0.1, -0.05) is 52.5 Å². The summed E-state index contributed by atoms with van der Waals surface area (Å²) in [7, 11) is 0. The number of halogens is 4. The van der Waals surface area contributed by atoms with E-state index in [1.165, 1.54) is 6.07 Å². The Hall–Kier alpha value is -1.07. The monoisotopic (exact) mass is 335 g/mol. The molecule has 1 heterocycles. The molecule has 0 fully saturated rings. The van der Waals surface area contributed by atoms with Crippen LogP contribution in [0.3, 0.4) is 0 Å². The number of hydrogen-bond donors (Lipinski definition) is 1. The summed E-state index contributed by atoms with van der Waals surface area (Å²) in [4.78, 5) is 12.0. The number of carbonyl (C=O) groups excluding carboxylic acids is 1. The van der Waals surface area contributed by atoms with Crippen LogP contribution < -0.4 is 5.32 Å². The normalized spacial score (nSPS) is 10.3. The van der Waals surface area contributed by atoms with Crippen molar-refractivity contribution in [2.75, 3.05) is 5.32 Å². The molecule has 8 heteroatoms. The van der Waals surface area contributed by atoms with Crippen LogP contribution in [0.2, 0.25) is 20.4 Å². The molecule has 1 aromatic heterocycles. The van der Waals surface area contributed by atoms with E-state index in [1.54, 1.807) is 18.2 Å². The Labute approximate surface area is 128 Å². The molecule has 0 unspecified atom stereocenters. The molecule has 1 amide bonds. The highest BCUT2D eigenvalue weighted by Crippen LogP contribution is 2.30. The lowest BCUT2D eigenvalue weighted by molar-refractivity contribution is 0.102. The fourth-order valence-electron chi connectivity index (χ4n) is 1.30. The molecule has 0 saturated carbocycles. The summed E-state index contributed by atoms with van der Waals surface area (Å²) in [6.07, 6.45) is 0. The highest BCUT2D eigenvalue weighted by molar-refractivity contribution is 6.44. The van der Waals surface area contributed by atoms with Crippen molar-refractivity contribution in [3.05, 3.63) is 50.2 Å². The van der Waals surface area contributed by atoms with Gasteiger partial charge in [-0.15, -0.1) is 10.2 Å². The van der Waals surface area contributed by atoms with Gasteiger partial charge in [0.15, 0.2) is 10.3 Å². The molecular weight excluding hydrogens is 332 g/mol. The second kappa shape index (κ2) is 5.92. The SMILES string of the molecule is O=C(Nc1cccc(Cl)c1Cl)c1cc(Cl)nnc1Cl. The second-order valence-corrected chi connectivity index (χ2v) is 4.96. The van der Waals surface area contributed by atoms with Gasteiger partial charge >= 0.3 is 0 Å². The van der Waals surface area contributed by atoms with Gasteiger partial charge in [-0.3, -0.25) is 4.79 Å². The van der Waals surface area contributed by atoms with E-state index >= 15 is 0 Å². The molecule has 0 aliphatic carbocycles. The third-order valence-corrected chi connectivity index (χ3v) is 3.45. The fraction of sp³-hybridized carbons (Fsp3) is 0. The number of anilines is 1. The summed E-state index contributed by atoms with van der Waals surface area (Å²) in [6.45, 7) is 0. The van der Waals surface area contributed by atoms with Crippen LogP contribution in [0.1, 0.15) is 10.4 Å². The summed E-state index contributed by atoms with van der Waals surface area (Å²) in [5.74, 6) is -0.508. The number of rotatable bonds is 2. The smallest absolute Gasteiger partial charge is 0.259 e. The first kappa shape index (κ1) is 14.3. The van der Waals surface area contributed by atoms with Crippen molar-refractivity contribution >= 4 is 58.0 Å². The van der Waals surface area contributed by atoms with Crippen molar-refractivity contribution in [2.45, 2.75) is 0 Å². The molecule has 0 radical (unpaired) electrons. The quantitative estimate of drug-likeness (QED) is 0.887. The molecule has 2 aromatic rings. The van der Waals surface area contributed by atoms with Crippen LogP contribution in [-0.4, -0.2) is 16.1 Å². The van der Waals surface area contributed by atoms with Gasteiger partial charge in [-0.05, 0) is 18.2 Å². The number of hydrogen-bond acceptors (Lipinski definition) is 3. The van der Waals surface area contributed by atoms with Crippen LogP contribution in [-0.2, 0) is 0 Å². The van der Waals surface area contributed by atoms with Crippen LogP contribution >= 0.6 is 46.4 Å². The molecular formula is C11H5Cl4N3O. The van der Waals surface area contributed by atoms with Crippen LogP contribution in [0.4, 0.5) is 5.69 Å². The van der Waals surface area contributed by atoms with Gasteiger partial charge in [-0.25, -0.2) is 0 Å². The van der Waals surface area contributed by atoms with Gasteiger partial charge in [0.25, 0.3) is 5.91 Å². The predicted octanol–water partition coefficient (Wildman–Crippen LogP) is 4.34. The van der Waals surface area contributed by atoms with E-state index in [2.05, 4.69) is 15.5 Å². The Balaban J connectivity index is 2.31. The fourth-order valence-corrected chi connectivity index (χ4v) is 1.98. The van der Waals surface area contributed by atoms with E-state index in [0.29, 0.717) is 10.7 Å². The first-order valence-corrected chi connectivity index (χ1v) is 6.44. The van der Waals surface area contributed by atoms with Crippen molar-refractivity contribution in [1.29, 1.82) is 0 Å². The molecule has 1 N–H and O–H groups in total. The molecule has 0 aliphatic heterocycles.